The molecule has 2 bridgehead atoms. The molecule has 1 N–H and O–H groups in total. The van der Waals surface area contributed by atoms with Gasteiger partial charge in [-0.05, 0) is 52.8 Å². The summed E-state index contributed by atoms with van der Waals surface area (Å²) in [5.41, 5.74) is -0.835. The fourth-order valence-electron chi connectivity index (χ4n) is 5.76. The van der Waals surface area contributed by atoms with Gasteiger partial charge in [0.05, 0.1) is 28.7 Å². The van der Waals surface area contributed by atoms with Crippen molar-refractivity contribution in [2.75, 3.05) is 6.98 Å². The van der Waals surface area contributed by atoms with E-state index < -0.39 is 54.6 Å². The number of rotatable bonds is 5. The number of imidazole rings is 1. The van der Waals surface area contributed by atoms with Gasteiger partial charge in [-0.1, -0.05) is 6.07 Å². The van der Waals surface area contributed by atoms with E-state index >= 15 is 4.39 Å². The van der Waals surface area contributed by atoms with E-state index in [4.69, 9.17) is 13.6 Å². The second-order valence-electron chi connectivity index (χ2n) is 12.2. The van der Waals surface area contributed by atoms with E-state index in [1.54, 1.807) is 39.2 Å². The highest BCUT2D eigenvalue weighted by Gasteiger charge is 2.45. The SMILES string of the molecule is [2H]C([2H])([2H])N1C(=O)c2cccc(OC(F)F)c2[C@@H]2C[C@H]1c1nc3cc(F)c(-c4cnc(C(C)(C)NC(=O)OC(C)(C)C)nc4)cc3n12. The Hall–Kier alpha value is -4.68. The van der Waals surface area contributed by atoms with E-state index in [9.17, 15) is 18.4 Å². The van der Waals surface area contributed by atoms with Crippen molar-refractivity contribution in [3.63, 3.8) is 0 Å². The predicted molar refractivity (Wildman–Crippen MR) is 154 cm³/mol. The van der Waals surface area contributed by atoms with Crippen molar-refractivity contribution in [1.29, 1.82) is 0 Å². The third-order valence-electron chi connectivity index (χ3n) is 7.57. The molecule has 0 aliphatic carbocycles. The zero-order valence-corrected chi connectivity index (χ0v) is 24.5. The van der Waals surface area contributed by atoms with Crippen LogP contribution in [-0.2, 0) is 10.3 Å². The molecule has 13 heteroatoms. The van der Waals surface area contributed by atoms with Gasteiger partial charge in [-0.2, -0.15) is 8.78 Å². The van der Waals surface area contributed by atoms with Crippen LogP contribution in [-0.4, -0.2) is 55.6 Å². The Kier molecular flexibility index (Phi) is 5.98. The summed E-state index contributed by atoms with van der Waals surface area (Å²) in [6.07, 6.45) is 2.15. The summed E-state index contributed by atoms with van der Waals surface area (Å²) in [7, 11) is 0. The predicted octanol–water partition coefficient (Wildman–Crippen LogP) is 6.11. The molecule has 4 heterocycles. The van der Waals surface area contributed by atoms with Gasteiger partial charge in [0.2, 0.25) is 0 Å². The van der Waals surface area contributed by atoms with E-state index in [0.717, 1.165) is 4.90 Å². The second-order valence-corrected chi connectivity index (χ2v) is 12.2. The minimum atomic E-state index is -3.21. The van der Waals surface area contributed by atoms with Crippen molar-refractivity contribution in [3.05, 3.63) is 71.3 Å². The fraction of sp³-hybridized carbons (Fsp3) is 0.387. The third kappa shape index (κ3) is 4.99. The fourth-order valence-corrected chi connectivity index (χ4v) is 5.76. The Bertz CT molecular complexity index is 1910. The first-order valence-electron chi connectivity index (χ1n) is 15.3. The summed E-state index contributed by atoms with van der Waals surface area (Å²) in [4.78, 5) is 40.0. The van der Waals surface area contributed by atoms with Crippen LogP contribution in [0.25, 0.3) is 22.2 Å². The first-order chi connectivity index (χ1) is 21.9. The topological polar surface area (TPSA) is 111 Å². The summed E-state index contributed by atoms with van der Waals surface area (Å²) in [5.74, 6) is -1.42. The lowest BCUT2D eigenvalue weighted by Gasteiger charge is -2.27. The van der Waals surface area contributed by atoms with Crippen molar-refractivity contribution in [1.82, 2.24) is 29.7 Å². The van der Waals surface area contributed by atoms with Crippen LogP contribution < -0.4 is 10.1 Å². The Morgan fingerprint density at radius 1 is 1.11 bits per heavy atom. The maximum absolute atomic E-state index is 15.6. The lowest BCUT2D eigenvalue weighted by molar-refractivity contribution is -0.0507. The molecule has 0 fully saturated rings. The third-order valence-corrected chi connectivity index (χ3v) is 7.57. The number of ether oxygens (including phenoxy) is 2. The van der Waals surface area contributed by atoms with Crippen LogP contribution in [0.15, 0.2) is 42.7 Å². The molecular weight excluding hydrogens is 577 g/mol. The van der Waals surface area contributed by atoms with Crippen molar-refractivity contribution >= 4 is 23.0 Å². The molecule has 0 saturated heterocycles. The maximum Gasteiger partial charge on any atom is 0.408 e. The summed E-state index contributed by atoms with van der Waals surface area (Å²) in [5, 5.41) is 2.72. The smallest absolute Gasteiger partial charge is 0.408 e. The van der Waals surface area contributed by atoms with Gasteiger partial charge >= 0.3 is 12.7 Å². The molecule has 0 unspecified atom stereocenters. The molecule has 2 aliphatic rings. The highest BCUT2D eigenvalue weighted by atomic mass is 19.3. The first kappa shape index (κ1) is 25.8. The zero-order chi connectivity index (χ0) is 34.2. The van der Waals surface area contributed by atoms with Crippen molar-refractivity contribution < 1.29 is 36.3 Å². The number of fused-ring (bicyclic) bond motifs is 9. The van der Waals surface area contributed by atoms with E-state index in [2.05, 4.69) is 20.3 Å². The number of benzene rings is 2. The Balaban J connectivity index is 1.45. The van der Waals surface area contributed by atoms with Crippen LogP contribution in [0.2, 0.25) is 0 Å². The van der Waals surface area contributed by atoms with Gasteiger partial charge in [-0.15, -0.1) is 0 Å². The van der Waals surface area contributed by atoms with Crippen LogP contribution >= 0.6 is 0 Å². The van der Waals surface area contributed by atoms with Crippen LogP contribution in [0.3, 0.4) is 0 Å². The molecule has 10 nitrogen and oxygen atoms in total. The zero-order valence-electron chi connectivity index (χ0n) is 27.5. The highest BCUT2D eigenvalue weighted by Crippen LogP contribution is 2.50. The molecule has 2 amide bonds. The molecule has 2 aliphatic heterocycles. The lowest BCUT2D eigenvalue weighted by atomic mass is 9.97. The number of carbonyl (C=O) groups excluding carboxylic acids is 2. The Morgan fingerprint density at radius 2 is 1.84 bits per heavy atom. The number of amides is 2. The van der Waals surface area contributed by atoms with Crippen molar-refractivity contribution in [3.8, 4) is 16.9 Å². The molecule has 0 spiro atoms. The molecule has 2 atom stereocenters. The van der Waals surface area contributed by atoms with Crippen molar-refractivity contribution in [2.24, 2.45) is 0 Å². The number of nitrogens with one attached hydrogen (secondary N) is 1. The standard InChI is InChI=1S/C31H31F3N6O4/c1-30(2,3)44-29(42)38-31(4,5)27-35-13-15(14-36-27)17-10-20-19(11-18(17)32)37-25-22-12-21(40(20)25)24-16(26(41)39(22)6)8-7-9-23(24)43-28(33)34/h7-11,13-14,21-22,28H,12H2,1-6H3,(H,38,42)/t21-,22-/m0/s1/i6D3. The molecule has 0 radical (unpaired) electrons. The first-order valence-corrected chi connectivity index (χ1v) is 13.8. The molecule has 4 aromatic rings. The Morgan fingerprint density at radius 3 is 2.50 bits per heavy atom. The number of alkyl carbamates (subject to hydrolysis) is 1. The van der Waals surface area contributed by atoms with Gasteiger partial charge in [0.1, 0.15) is 23.0 Å². The molecule has 44 heavy (non-hydrogen) atoms. The molecule has 2 aromatic heterocycles. The van der Waals surface area contributed by atoms with E-state index in [1.807, 2.05) is 0 Å². The number of hydrogen-bond acceptors (Lipinski definition) is 7. The van der Waals surface area contributed by atoms with Gasteiger partial charge in [0, 0.05) is 58.2 Å². The summed E-state index contributed by atoms with van der Waals surface area (Å²) >= 11 is 0. The minimum absolute atomic E-state index is 0.0171. The van der Waals surface area contributed by atoms with Crippen LogP contribution in [0.4, 0.5) is 18.0 Å². The monoisotopic (exact) mass is 611 g/mol. The highest BCUT2D eigenvalue weighted by molar-refractivity contribution is 5.98. The number of carbonyl (C=O) groups is 2. The number of halogens is 3. The van der Waals surface area contributed by atoms with Crippen molar-refractivity contribution in [2.45, 2.75) is 70.9 Å². The van der Waals surface area contributed by atoms with E-state index in [-0.39, 0.29) is 51.6 Å². The minimum Gasteiger partial charge on any atom is -0.444 e. The molecule has 230 valence electrons. The van der Waals surface area contributed by atoms with Gasteiger partial charge in [-0.3, -0.25) is 4.79 Å². The average molecular weight is 612 g/mol. The van der Waals surface area contributed by atoms with Gasteiger partial charge in [0.25, 0.3) is 5.91 Å². The van der Waals surface area contributed by atoms with Gasteiger partial charge in [-0.25, -0.2) is 24.1 Å². The van der Waals surface area contributed by atoms with Crippen LogP contribution in [0.5, 0.6) is 5.75 Å². The van der Waals surface area contributed by atoms with Gasteiger partial charge < -0.3 is 24.3 Å². The van der Waals surface area contributed by atoms with Crippen LogP contribution in [0, 0.1) is 5.82 Å². The number of hydrogen-bond donors (Lipinski definition) is 1. The molecule has 6 rings (SSSR count). The number of alkyl halides is 2. The largest absolute Gasteiger partial charge is 0.444 e. The van der Waals surface area contributed by atoms with E-state index in [1.165, 1.54) is 42.7 Å². The maximum atomic E-state index is 15.6. The molecule has 2 aromatic carbocycles. The number of nitrogens with zero attached hydrogens (tertiary/aromatic N) is 5. The quantitative estimate of drug-likeness (QED) is 0.290. The second kappa shape index (κ2) is 10.2. The normalized spacial score (nSPS) is 19.2. The summed E-state index contributed by atoms with van der Waals surface area (Å²) in [6.45, 7) is 2.47. The van der Waals surface area contributed by atoms with Crippen LogP contribution in [0.1, 0.15) is 84.8 Å². The average Bonchev–Trinajstić information content (AvgIpc) is 3.42. The number of aromatic nitrogens is 4. The Labute approximate surface area is 255 Å². The molecule has 0 saturated carbocycles. The summed E-state index contributed by atoms with van der Waals surface area (Å²) in [6, 6.07) is 4.78. The summed E-state index contributed by atoms with van der Waals surface area (Å²) < 4.78 is 78.9. The molecular formula is C31H31F3N6O4. The lowest BCUT2D eigenvalue weighted by Crippen LogP contribution is -2.44. The van der Waals surface area contributed by atoms with Gasteiger partial charge in [0.15, 0.2) is 5.82 Å². The van der Waals surface area contributed by atoms with E-state index in [0.29, 0.717) is 5.52 Å².